The van der Waals surface area contributed by atoms with E-state index in [1.165, 1.54) is 6.07 Å². The molecule has 0 aromatic carbocycles. The van der Waals surface area contributed by atoms with Crippen LogP contribution in [0.5, 0.6) is 0 Å². The number of rotatable bonds is 7. The highest BCUT2D eigenvalue weighted by atomic mass is 19.4. The highest BCUT2D eigenvalue weighted by molar-refractivity contribution is 5.84. The number of anilines is 1. The molecule has 1 aliphatic carbocycles. The summed E-state index contributed by atoms with van der Waals surface area (Å²) >= 11 is 0. The third-order valence-corrected chi connectivity index (χ3v) is 8.78. The maximum absolute atomic E-state index is 13.8. The van der Waals surface area contributed by atoms with Gasteiger partial charge in [0.05, 0.1) is 30.2 Å². The predicted molar refractivity (Wildman–Crippen MR) is 123 cm³/mol. The van der Waals surface area contributed by atoms with Crippen LogP contribution in [-0.2, 0) is 20.4 Å². The molecule has 4 aliphatic rings. The number of nitrogens with zero attached hydrogens (tertiary/aromatic N) is 4. The molecule has 2 bridgehead atoms. The molecule has 3 saturated heterocycles. The van der Waals surface area contributed by atoms with Gasteiger partial charge in [-0.3, -0.25) is 4.79 Å². The largest absolute Gasteiger partial charge is 0.451 e. The molecule has 4 heterocycles. The van der Waals surface area contributed by atoms with Gasteiger partial charge in [0.2, 0.25) is 18.2 Å². The van der Waals surface area contributed by atoms with Crippen molar-refractivity contribution in [2.75, 3.05) is 38.3 Å². The molecule has 0 N–H and O–H groups in total. The Morgan fingerprint density at radius 1 is 1.27 bits per heavy atom. The van der Waals surface area contributed by atoms with Crippen LogP contribution in [0.15, 0.2) is 12.3 Å². The van der Waals surface area contributed by atoms with Gasteiger partial charge < -0.3 is 19.3 Å². The van der Waals surface area contributed by atoms with Gasteiger partial charge in [-0.05, 0) is 56.4 Å². The molecule has 1 amide bonds. The molecule has 4 fully saturated rings. The van der Waals surface area contributed by atoms with Gasteiger partial charge in [-0.1, -0.05) is 0 Å². The Morgan fingerprint density at radius 2 is 2.08 bits per heavy atom. The number of aromatic nitrogens is 2. The van der Waals surface area contributed by atoms with E-state index in [0.29, 0.717) is 45.6 Å². The normalized spacial score (nSPS) is 34.1. The van der Waals surface area contributed by atoms with Gasteiger partial charge in [0.15, 0.2) is 0 Å². The number of methoxy groups -OCH3 is 1. The van der Waals surface area contributed by atoms with Crippen LogP contribution >= 0.6 is 0 Å². The summed E-state index contributed by atoms with van der Waals surface area (Å²) in [5.41, 5.74) is -1.10. The molecule has 7 nitrogen and oxygen atoms in total. The first-order chi connectivity index (χ1) is 17.6. The number of alkyl halides is 5. The molecule has 0 spiro atoms. The molecule has 206 valence electrons. The van der Waals surface area contributed by atoms with Gasteiger partial charge in [0.1, 0.15) is 5.82 Å². The van der Waals surface area contributed by atoms with Gasteiger partial charge in [-0.2, -0.15) is 13.2 Å². The first-order valence-electron chi connectivity index (χ1n) is 13.0. The van der Waals surface area contributed by atoms with Crippen LogP contribution in [0.3, 0.4) is 0 Å². The minimum absolute atomic E-state index is 0.0190. The average molecular weight is 533 g/mol. The highest BCUT2D eigenvalue weighted by Gasteiger charge is 2.54. The zero-order valence-electron chi connectivity index (χ0n) is 20.8. The van der Waals surface area contributed by atoms with E-state index in [1.54, 1.807) is 16.9 Å². The second-order valence-corrected chi connectivity index (χ2v) is 11.0. The molecule has 12 heteroatoms. The fourth-order valence-electron chi connectivity index (χ4n) is 7.06. The molecule has 0 radical (unpaired) electrons. The van der Waals surface area contributed by atoms with Gasteiger partial charge in [-0.25, -0.2) is 18.7 Å². The average Bonchev–Trinajstić information content (AvgIpc) is 3.58. The molecule has 5 rings (SSSR count). The fraction of sp³-hybridized carbons (Fsp3) is 0.800. The van der Waals surface area contributed by atoms with E-state index in [-0.39, 0.29) is 41.7 Å². The van der Waals surface area contributed by atoms with E-state index in [9.17, 15) is 26.7 Å². The topological polar surface area (TPSA) is 67.8 Å². The van der Waals surface area contributed by atoms with E-state index in [0.717, 1.165) is 25.5 Å². The Morgan fingerprint density at radius 3 is 2.76 bits per heavy atom. The minimum atomic E-state index is -4.65. The second kappa shape index (κ2) is 10.2. The fourth-order valence-corrected chi connectivity index (χ4v) is 7.06. The van der Waals surface area contributed by atoms with Gasteiger partial charge >= 0.3 is 6.18 Å². The smallest absolute Gasteiger partial charge is 0.379 e. The van der Waals surface area contributed by atoms with Gasteiger partial charge in [-0.15, -0.1) is 0 Å². The Hall–Kier alpha value is -2.08. The number of ether oxygens (including phenoxy) is 2. The Kier molecular flexibility index (Phi) is 7.34. The Labute approximate surface area is 212 Å². The van der Waals surface area contributed by atoms with Gasteiger partial charge in [0, 0.05) is 39.4 Å². The van der Waals surface area contributed by atoms with Crippen molar-refractivity contribution in [3.63, 3.8) is 0 Å². The Bertz CT molecular complexity index is 982. The number of halogens is 5. The van der Waals surface area contributed by atoms with Crippen molar-refractivity contribution in [1.29, 1.82) is 0 Å². The van der Waals surface area contributed by atoms with Crippen LogP contribution in [0.2, 0.25) is 0 Å². The number of carbonyl (C=O) groups excluding carboxylic acids is 1. The lowest BCUT2D eigenvalue weighted by Gasteiger charge is -2.40. The highest BCUT2D eigenvalue weighted by Crippen LogP contribution is 2.51. The van der Waals surface area contributed by atoms with Crippen LogP contribution < -0.4 is 4.90 Å². The molecule has 37 heavy (non-hydrogen) atoms. The lowest BCUT2D eigenvalue weighted by Crippen LogP contribution is -2.53. The zero-order chi connectivity index (χ0) is 26.4. The van der Waals surface area contributed by atoms with Crippen molar-refractivity contribution in [3.8, 4) is 0 Å². The van der Waals surface area contributed by atoms with Crippen molar-refractivity contribution >= 4 is 11.7 Å². The first kappa shape index (κ1) is 26.5. The monoisotopic (exact) mass is 532 g/mol. The van der Waals surface area contributed by atoms with Crippen molar-refractivity contribution in [1.82, 2.24) is 14.9 Å². The van der Waals surface area contributed by atoms with Crippen molar-refractivity contribution in [3.05, 3.63) is 18.1 Å². The lowest BCUT2D eigenvalue weighted by atomic mass is 9.78. The summed E-state index contributed by atoms with van der Waals surface area (Å²) in [7, 11) is 1.66. The first-order valence-corrected chi connectivity index (χ1v) is 13.0. The number of piperazine rings is 1. The number of hydrogen-bond acceptors (Lipinski definition) is 6. The van der Waals surface area contributed by atoms with E-state index in [1.807, 2.05) is 0 Å². The lowest BCUT2D eigenvalue weighted by molar-refractivity contribution is -0.146. The van der Waals surface area contributed by atoms with Crippen LogP contribution in [0.4, 0.5) is 27.8 Å². The zero-order valence-corrected chi connectivity index (χ0v) is 20.8. The third kappa shape index (κ3) is 5.28. The van der Waals surface area contributed by atoms with E-state index in [4.69, 9.17) is 9.47 Å². The van der Waals surface area contributed by atoms with E-state index in [2.05, 4.69) is 9.97 Å². The summed E-state index contributed by atoms with van der Waals surface area (Å²) in [5, 5.41) is 0. The predicted octanol–water partition coefficient (Wildman–Crippen LogP) is 4.17. The molecular formula is C25H33F5N4O3. The van der Waals surface area contributed by atoms with Crippen LogP contribution in [-0.4, -0.2) is 78.8 Å². The molecule has 0 unspecified atom stereocenters. The van der Waals surface area contributed by atoms with Gasteiger partial charge in [0.25, 0.3) is 0 Å². The molecule has 6 atom stereocenters. The summed E-state index contributed by atoms with van der Waals surface area (Å²) in [6.45, 7) is 1.81. The molecule has 1 aromatic heterocycles. The van der Waals surface area contributed by atoms with E-state index < -0.39 is 30.3 Å². The molecule has 1 saturated carbocycles. The maximum atomic E-state index is 13.8. The number of likely N-dealkylation sites (tertiary alicyclic amines) is 1. The number of hydrogen-bond donors (Lipinski definition) is 0. The molecule has 3 aliphatic heterocycles. The standard InChI is InChI=1S/C25H33F5N4O3/c1-36-19-14-37-7-4-16(19)8-15-2-5-24(10-15,11-20(26)27)23(35)34-13-17-9-18(34)12-33(17)21-3-6-31-22(32-21)25(28,29)30/h3,6,15-20H,2,4-5,7-14H2,1H3/t15-,16+,17-,18-,19+,24-/m0/s1. The summed E-state index contributed by atoms with van der Waals surface area (Å²) in [6, 6.07) is 1.00. The number of amides is 1. The summed E-state index contributed by atoms with van der Waals surface area (Å²) in [6.07, 6.45) is -2.76. The molecule has 1 aromatic rings. The van der Waals surface area contributed by atoms with Crippen LogP contribution in [0.25, 0.3) is 0 Å². The maximum Gasteiger partial charge on any atom is 0.451 e. The van der Waals surface area contributed by atoms with Crippen molar-refractivity contribution < 1.29 is 36.2 Å². The second-order valence-electron chi connectivity index (χ2n) is 11.0. The van der Waals surface area contributed by atoms with Crippen LogP contribution in [0.1, 0.15) is 50.8 Å². The minimum Gasteiger partial charge on any atom is -0.379 e. The van der Waals surface area contributed by atoms with Crippen molar-refractivity contribution in [2.45, 2.75) is 75.7 Å². The SMILES string of the molecule is CO[C@@H]1COCC[C@@H]1C[C@@H]1CC[C@](CC(F)F)(C(=O)N2C[C@@H]3C[C@H]2CN3c2ccnc(C(F)(F)F)n2)C1. The summed E-state index contributed by atoms with van der Waals surface area (Å²) < 4.78 is 77.8. The van der Waals surface area contributed by atoms with E-state index >= 15 is 0 Å². The number of carbonyl (C=O) groups is 1. The number of fused-ring (bicyclic) bond motifs is 2. The van der Waals surface area contributed by atoms with Crippen molar-refractivity contribution in [2.24, 2.45) is 17.3 Å². The molecular weight excluding hydrogens is 499 g/mol. The Balaban J connectivity index is 1.27. The quantitative estimate of drug-likeness (QED) is 0.492. The third-order valence-electron chi connectivity index (χ3n) is 8.78. The van der Waals surface area contributed by atoms with Crippen LogP contribution in [0, 0.1) is 17.3 Å². The summed E-state index contributed by atoms with van der Waals surface area (Å²) in [4.78, 5) is 24.3. The summed E-state index contributed by atoms with van der Waals surface area (Å²) in [5.74, 6) is -0.798.